The van der Waals surface area contributed by atoms with Crippen LogP contribution in [0.3, 0.4) is 0 Å². The smallest absolute Gasteiger partial charge is 0.0540 e. The van der Waals surface area contributed by atoms with Crippen LogP contribution < -0.4 is 11.5 Å². The van der Waals surface area contributed by atoms with Crippen LogP contribution in [0.1, 0.15) is 11.1 Å². The van der Waals surface area contributed by atoms with Crippen LogP contribution in [0.5, 0.6) is 0 Å². The zero-order valence-electron chi connectivity index (χ0n) is 8.40. The van der Waals surface area contributed by atoms with Gasteiger partial charge in [-0.05, 0) is 41.8 Å². The van der Waals surface area contributed by atoms with Gasteiger partial charge in [0, 0.05) is 5.69 Å². The fourth-order valence-electron chi connectivity index (χ4n) is 1.49. The lowest BCUT2D eigenvalue weighted by Crippen LogP contribution is -1.89. The van der Waals surface area contributed by atoms with Gasteiger partial charge in [0.1, 0.15) is 0 Å². The molecule has 0 amide bonds. The Labute approximate surface area is 89.5 Å². The van der Waals surface area contributed by atoms with E-state index in [1.54, 1.807) is 0 Å². The first-order valence-corrected chi connectivity index (χ1v) is 4.89. The molecule has 1 radical (unpaired) electrons. The lowest BCUT2D eigenvalue weighted by Gasteiger charge is -2.02. The molecule has 0 unspecified atom stereocenters. The van der Waals surface area contributed by atoms with E-state index in [0.29, 0.717) is 5.69 Å². The van der Waals surface area contributed by atoms with Crippen LogP contribution in [0.15, 0.2) is 48.5 Å². The van der Waals surface area contributed by atoms with Gasteiger partial charge >= 0.3 is 0 Å². The van der Waals surface area contributed by atoms with Gasteiger partial charge in [-0.2, -0.15) is 0 Å². The summed E-state index contributed by atoms with van der Waals surface area (Å²) < 4.78 is 0. The summed E-state index contributed by atoms with van der Waals surface area (Å²) in [5.41, 5.74) is 16.8. The minimum atomic E-state index is 0.552. The number of nitrogen functional groups attached to an aromatic ring is 1. The van der Waals surface area contributed by atoms with Crippen molar-refractivity contribution in [1.82, 2.24) is 5.73 Å². The van der Waals surface area contributed by atoms with E-state index in [0.717, 1.165) is 12.1 Å². The molecule has 3 N–H and O–H groups in total. The van der Waals surface area contributed by atoms with Crippen LogP contribution in [0.2, 0.25) is 0 Å². The molecule has 75 valence electrons. The number of hydrogen-bond acceptors (Lipinski definition) is 1. The summed E-state index contributed by atoms with van der Waals surface area (Å²) in [7, 11) is 0. The molecular formula is C13H13N2. The van der Waals surface area contributed by atoms with E-state index in [4.69, 9.17) is 11.5 Å². The van der Waals surface area contributed by atoms with Crippen LogP contribution >= 0.6 is 0 Å². The maximum atomic E-state index is 7.38. The zero-order valence-corrected chi connectivity index (χ0v) is 8.40. The van der Waals surface area contributed by atoms with Gasteiger partial charge in [-0.15, -0.1) is 0 Å². The Bertz CT molecular complexity index is 386. The van der Waals surface area contributed by atoms with Gasteiger partial charge in [-0.3, -0.25) is 0 Å². The Morgan fingerprint density at radius 2 is 1.27 bits per heavy atom. The van der Waals surface area contributed by atoms with E-state index >= 15 is 0 Å². The third-order valence-electron chi connectivity index (χ3n) is 2.34. The van der Waals surface area contributed by atoms with E-state index in [-0.39, 0.29) is 0 Å². The first-order valence-electron chi connectivity index (χ1n) is 4.89. The molecule has 0 spiro atoms. The second-order valence-electron chi connectivity index (χ2n) is 3.62. The van der Waals surface area contributed by atoms with Gasteiger partial charge in [0.05, 0.1) is 5.69 Å². The largest absolute Gasteiger partial charge is 0.399 e. The molecule has 0 aliphatic heterocycles. The minimum absolute atomic E-state index is 0.552. The van der Waals surface area contributed by atoms with Crippen LogP contribution in [0.25, 0.3) is 0 Å². The van der Waals surface area contributed by atoms with Crippen molar-refractivity contribution in [2.45, 2.75) is 6.42 Å². The van der Waals surface area contributed by atoms with Crippen molar-refractivity contribution in [1.29, 1.82) is 0 Å². The van der Waals surface area contributed by atoms with Crippen molar-refractivity contribution < 1.29 is 0 Å². The molecule has 0 saturated heterocycles. The zero-order chi connectivity index (χ0) is 10.7. The van der Waals surface area contributed by atoms with Gasteiger partial charge < -0.3 is 11.5 Å². The Morgan fingerprint density at radius 1 is 0.800 bits per heavy atom. The number of rotatable bonds is 2. The maximum absolute atomic E-state index is 7.38. The van der Waals surface area contributed by atoms with Gasteiger partial charge in [-0.1, -0.05) is 24.3 Å². The number of hydrogen-bond donors (Lipinski definition) is 1. The Hall–Kier alpha value is -1.96. The van der Waals surface area contributed by atoms with E-state index in [1.807, 2.05) is 48.5 Å². The molecule has 2 heteroatoms. The summed E-state index contributed by atoms with van der Waals surface area (Å²) >= 11 is 0. The minimum Gasteiger partial charge on any atom is -0.399 e. The molecule has 0 bridgehead atoms. The van der Waals surface area contributed by atoms with Gasteiger partial charge in [-0.25, -0.2) is 0 Å². The van der Waals surface area contributed by atoms with Crippen molar-refractivity contribution in [3.8, 4) is 0 Å². The van der Waals surface area contributed by atoms with Crippen molar-refractivity contribution in [3.05, 3.63) is 59.7 Å². The summed E-state index contributed by atoms with van der Waals surface area (Å²) in [5.74, 6) is 0. The number of benzene rings is 2. The second-order valence-corrected chi connectivity index (χ2v) is 3.62. The molecule has 2 aromatic carbocycles. The molecule has 2 nitrogen and oxygen atoms in total. The SMILES string of the molecule is [NH]c1ccc(Cc2ccc(N)cc2)cc1. The van der Waals surface area contributed by atoms with E-state index in [9.17, 15) is 0 Å². The van der Waals surface area contributed by atoms with Crippen LogP contribution in [0, 0.1) is 0 Å². The highest BCUT2D eigenvalue weighted by Gasteiger charge is 1.96. The molecular weight excluding hydrogens is 184 g/mol. The van der Waals surface area contributed by atoms with E-state index in [1.165, 1.54) is 11.1 Å². The fraction of sp³-hybridized carbons (Fsp3) is 0.0769. The summed E-state index contributed by atoms with van der Waals surface area (Å²) in [6.45, 7) is 0. The van der Waals surface area contributed by atoms with Crippen molar-refractivity contribution in [3.63, 3.8) is 0 Å². The predicted octanol–water partition coefficient (Wildman–Crippen LogP) is 2.77. The molecule has 0 fully saturated rings. The lowest BCUT2D eigenvalue weighted by molar-refractivity contribution is 1.19. The maximum Gasteiger partial charge on any atom is 0.0540 e. The highest BCUT2D eigenvalue weighted by molar-refractivity contribution is 5.42. The standard InChI is InChI=1S/C13H13N2/c14-12-5-1-10(2-6-12)9-11-3-7-13(15)8-4-11/h1-8,14H,9,15H2. The Balaban J connectivity index is 2.15. The first-order chi connectivity index (χ1) is 7.24. The summed E-state index contributed by atoms with van der Waals surface area (Å²) in [6.07, 6.45) is 0.889. The van der Waals surface area contributed by atoms with E-state index in [2.05, 4.69) is 0 Å². The average molecular weight is 197 g/mol. The third kappa shape index (κ3) is 2.50. The van der Waals surface area contributed by atoms with Crippen molar-refractivity contribution >= 4 is 11.4 Å². The summed E-state index contributed by atoms with van der Waals surface area (Å²) in [5, 5.41) is 0. The lowest BCUT2D eigenvalue weighted by atomic mass is 10.0. The molecule has 0 atom stereocenters. The third-order valence-corrected chi connectivity index (χ3v) is 2.34. The molecule has 0 aliphatic carbocycles. The molecule has 15 heavy (non-hydrogen) atoms. The molecule has 0 aromatic heterocycles. The van der Waals surface area contributed by atoms with Gasteiger partial charge in [0.15, 0.2) is 0 Å². The molecule has 0 aliphatic rings. The second kappa shape index (κ2) is 4.05. The summed E-state index contributed by atoms with van der Waals surface area (Å²) in [6, 6.07) is 15.5. The Kier molecular flexibility index (Phi) is 2.59. The van der Waals surface area contributed by atoms with Crippen molar-refractivity contribution in [2.75, 3.05) is 5.73 Å². The fourth-order valence-corrected chi connectivity index (χ4v) is 1.49. The number of nitrogens with one attached hydrogen (secondary N) is 1. The van der Waals surface area contributed by atoms with E-state index < -0.39 is 0 Å². The number of anilines is 1. The molecule has 2 aromatic rings. The van der Waals surface area contributed by atoms with Crippen LogP contribution in [-0.2, 0) is 6.42 Å². The molecule has 0 saturated carbocycles. The van der Waals surface area contributed by atoms with Crippen LogP contribution in [-0.4, -0.2) is 0 Å². The summed E-state index contributed by atoms with van der Waals surface area (Å²) in [4.78, 5) is 0. The van der Waals surface area contributed by atoms with Gasteiger partial charge in [0.2, 0.25) is 0 Å². The molecule has 2 rings (SSSR count). The predicted molar refractivity (Wildman–Crippen MR) is 62.9 cm³/mol. The van der Waals surface area contributed by atoms with Crippen LogP contribution in [0.4, 0.5) is 11.4 Å². The average Bonchev–Trinajstić information content (AvgIpc) is 2.25. The highest BCUT2D eigenvalue weighted by atomic mass is 14.5. The highest BCUT2D eigenvalue weighted by Crippen LogP contribution is 2.13. The Morgan fingerprint density at radius 3 is 1.80 bits per heavy atom. The quantitative estimate of drug-likeness (QED) is 0.739. The normalized spacial score (nSPS) is 10.1. The molecule has 0 heterocycles. The number of nitrogens with two attached hydrogens (primary N) is 1. The van der Waals surface area contributed by atoms with Crippen molar-refractivity contribution in [2.24, 2.45) is 0 Å². The van der Waals surface area contributed by atoms with Gasteiger partial charge in [0.25, 0.3) is 0 Å². The topological polar surface area (TPSA) is 49.8 Å². The monoisotopic (exact) mass is 197 g/mol. The first kappa shape index (κ1) is 9.59.